The zero-order chi connectivity index (χ0) is 14.0. The molecule has 102 valence electrons. The molecule has 1 aromatic heterocycles. The van der Waals surface area contributed by atoms with E-state index in [4.69, 9.17) is 23.2 Å². The minimum Gasteiger partial charge on any atom is -0.305 e. The van der Waals surface area contributed by atoms with Crippen molar-refractivity contribution in [3.8, 4) is 0 Å². The Morgan fingerprint density at radius 1 is 1.42 bits per heavy atom. The van der Waals surface area contributed by atoms with E-state index in [0.29, 0.717) is 17.1 Å². The Kier molecular flexibility index (Phi) is 4.79. The Labute approximate surface area is 125 Å². The minimum absolute atomic E-state index is 0.0768. The van der Waals surface area contributed by atoms with E-state index < -0.39 is 5.82 Å². The Hall–Kier alpha value is -0.680. The third-order valence-electron chi connectivity index (χ3n) is 2.76. The number of hydrogen-bond donors (Lipinski definition) is 1. The SMILES string of the molecule is Cc1ncc(CNC(C)c2c(Cl)ccc(F)c2Cl)s1. The number of nitrogens with one attached hydrogen (secondary N) is 1. The Balaban J connectivity index is 2.12. The van der Waals surface area contributed by atoms with E-state index in [1.807, 2.05) is 20.0 Å². The second-order valence-electron chi connectivity index (χ2n) is 4.21. The van der Waals surface area contributed by atoms with Gasteiger partial charge in [-0.15, -0.1) is 11.3 Å². The van der Waals surface area contributed by atoms with Crippen LogP contribution in [0, 0.1) is 12.7 Å². The van der Waals surface area contributed by atoms with Crippen LogP contribution < -0.4 is 5.32 Å². The number of rotatable bonds is 4. The largest absolute Gasteiger partial charge is 0.305 e. The molecule has 0 radical (unpaired) electrons. The van der Waals surface area contributed by atoms with Gasteiger partial charge in [-0.05, 0) is 26.0 Å². The third-order valence-corrected chi connectivity index (χ3v) is 4.39. The first-order valence-electron chi connectivity index (χ1n) is 5.77. The lowest BCUT2D eigenvalue weighted by molar-refractivity contribution is 0.568. The molecule has 0 aliphatic carbocycles. The van der Waals surface area contributed by atoms with Gasteiger partial charge in [-0.25, -0.2) is 9.37 Å². The van der Waals surface area contributed by atoms with Crippen LogP contribution in [0.5, 0.6) is 0 Å². The molecule has 0 bridgehead atoms. The second-order valence-corrected chi connectivity index (χ2v) is 6.31. The maximum atomic E-state index is 13.5. The molecule has 1 unspecified atom stereocenters. The van der Waals surface area contributed by atoms with E-state index in [-0.39, 0.29) is 11.1 Å². The summed E-state index contributed by atoms with van der Waals surface area (Å²) < 4.78 is 13.5. The number of hydrogen-bond acceptors (Lipinski definition) is 3. The lowest BCUT2D eigenvalue weighted by atomic mass is 10.1. The van der Waals surface area contributed by atoms with Crippen molar-refractivity contribution in [2.24, 2.45) is 0 Å². The van der Waals surface area contributed by atoms with Crippen LogP contribution in [0.3, 0.4) is 0 Å². The Morgan fingerprint density at radius 2 is 2.16 bits per heavy atom. The number of halogens is 3. The molecule has 0 saturated heterocycles. The molecule has 1 N–H and O–H groups in total. The molecule has 0 fully saturated rings. The highest BCUT2D eigenvalue weighted by Gasteiger charge is 2.16. The van der Waals surface area contributed by atoms with Crippen LogP contribution >= 0.6 is 34.5 Å². The maximum absolute atomic E-state index is 13.5. The molecule has 0 spiro atoms. The number of benzene rings is 1. The number of aryl methyl sites for hydroxylation is 1. The highest BCUT2D eigenvalue weighted by molar-refractivity contribution is 7.11. The molecule has 1 atom stereocenters. The van der Waals surface area contributed by atoms with Gasteiger partial charge >= 0.3 is 0 Å². The van der Waals surface area contributed by atoms with E-state index in [2.05, 4.69) is 10.3 Å². The van der Waals surface area contributed by atoms with Crippen LogP contribution in [0.2, 0.25) is 10.0 Å². The van der Waals surface area contributed by atoms with Gasteiger partial charge in [0.25, 0.3) is 0 Å². The summed E-state index contributed by atoms with van der Waals surface area (Å²) in [6.45, 7) is 4.51. The monoisotopic (exact) mass is 318 g/mol. The van der Waals surface area contributed by atoms with E-state index in [1.54, 1.807) is 11.3 Å². The lowest BCUT2D eigenvalue weighted by Gasteiger charge is -2.17. The summed E-state index contributed by atoms with van der Waals surface area (Å²) in [5.74, 6) is -0.455. The number of nitrogens with zero attached hydrogens (tertiary/aromatic N) is 1. The predicted molar refractivity (Wildman–Crippen MR) is 78.5 cm³/mol. The molecule has 1 heterocycles. The summed E-state index contributed by atoms with van der Waals surface area (Å²) in [6.07, 6.45) is 1.83. The van der Waals surface area contributed by atoms with Gasteiger partial charge in [0.15, 0.2) is 0 Å². The molecular formula is C13H13Cl2FN2S. The first-order valence-corrected chi connectivity index (χ1v) is 7.34. The summed E-state index contributed by atoms with van der Waals surface area (Å²) in [6, 6.07) is 2.65. The summed E-state index contributed by atoms with van der Waals surface area (Å²) in [7, 11) is 0. The van der Waals surface area contributed by atoms with Gasteiger partial charge in [0, 0.05) is 34.2 Å². The molecule has 0 aliphatic heterocycles. The molecule has 0 saturated carbocycles. The van der Waals surface area contributed by atoms with Gasteiger partial charge in [0.2, 0.25) is 0 Å². The molecule has 6 heteroatoms. The zero-order valence-corrected chi connectivity index (χ0v) is 12.8. The highest BCUT2D eigenvalue weighted by atomic mass is 35.5. The van der Waals surface area contributed by atoms with Crippen molar-refractivity contribution in [3.05, 3.63) is 49.6 Å². The molecule has 19 heavy (non-hydrogen) atoms. The van der Waals surface area contributed by atoms with Crippen molar-refractivity contribution in [3.63, 3.8) is 0 Å². The van der Waals surface area contributed by atoms with Gasteiger partial charge in [0.1, 0.15) is 5.82 Å². The van der Waals surface area contributed by atoms with Crippen molar-refractivity contribution in [2.45, 2.75) is 26.4 Å². The first kappa shape index (κ1) is 14.7. The lowest BCUT2D eigenvalue weighted by Crippen LogP contribution is -2.18. The standard InChI is InChI=1S/C13H13Cl2FN2S/c1-7(17-5-9-6-18-8(2)19-9)12-10(14)3-4-11(16)13(12)15/h3-4,6-7,17H,5H2,1-2H3. The van der Waals surface area contributed by atoms with E-state index in [1.165, 1.54) is 12.1 Å². The van der Waals surface area contributed by atoms with Crippen LogP contribution in [0.4, 0.5) is 4.39 Å². The van der Waals surface area contributed by atoms with Crippen LogP contribution in [0.15, 0.2) is 18.3 Å². The van der Waals surface area contributed by atoms with Crippen molar-refractivity contribution in [1.82, 2.24) is 10.3 Å². The molecule has 2 aromatic rings. The van der Waals surface area contributed by atoms with E-state index in [9.17, 15) is 4.39 Å². The molecule has 0 aliphatic rings. The maximum Gasteiger partial charge on any atom is 0.142 e. The highest BCUT2D eigenvalue weighted by Crippen LogP contribution is 2.32. The molecule has 2 rings (SSSR count). The second kappa shape index (κ2) is 6.18. The predicted octanol–water partition coefficient (Wildman–Crippen LogP) is 4.75. The van der Waals surface area contributed by atoms with E-state index in [0.717, 1.165) is 9.88 Å². The van der Waals surface area contributed by atoms with Crippen molar-refractivity contribution in [2.75, 3.05) is 0 Å². The van der Waals surface area contributed by atoms with E-state index >= 15 is 0 Å². The normalized spacial score (nSPS) is 12.7. The van der Waals surface area contributed by atoms with Crippen molar-refractivity contribution < 1.29 is 4.39 Å². The first-order chi connectivity index (χ1) is 8.99. The summed E-state index contributed by atoms with van der Waals surface area (Å²) in [5.41, 5.74) is 0.588. The fourth-order valence-corrected chi connectivity index (χ4v) is 3.23. The fraction of sp³-hybridized carbons (Fsp3) is 0.308. The number of aromatic nitrogens is 1. The Bertz CT molecular complexity index is 586. The Morgan fingerprint density at radius 3 is 2.79 bits per heavy atom. The van der Waals surface area contributed by atoms with Gasteiger partial charge in [-0.1, -0.05) is 23.2 Å². The van der Waals surface area contributed by atoms with Gasteiger partial charge in [-0.2, -0.15) is 0 Å². The smallest absolute Gasteiger partial charge is 0.142 e. The zero-order valence-electron chi connectivity index (χ0n) is 10.5. The molecule has 2 nitrogen and oxygen atoms in total. The topological polar surface area (TPSA) is 24.9 Å². The molecular weight excluding hydrogens is 306 g/mol. The molecule has 0 amide bonds. The van der Waals surface area contributed by atoms with Crippen LogP contribution in [0.1, 0.15) is 28.4 Å². The van der Waals surface area contributed by atoms with Gasteiger partial charge < -0.3 is 5.32 Å². The van der Waals surface area contributed by atoms with Crippen molar-refractivity contribution >= 4 is 34.5 Å². The average Bonchev–Trinajstić information content (AvgIpc) is 2.78. The number of thiazole rings is 1. The quantitative estimate of drug-likeness (QED) is 0.823. The summed E-state index contributed by atoms with van der Waals surface area (Å²) in [4.78, 5) is 5.30. The van der Waals surface area contributed by atoms with Gasteiger partial charge in [0.05, 0.1) is 10.0 Å². The van der Waals surface area contributed by atoms with Crippen LogP contribution in [-0.2, 0) is 6.54 Å². The van der Waals surface area contributed by atoms with Crippen LogP contribution in [-0.4, -0.2) is 4.98 Å². The summed E-state index contributed by atoms with van der Waals surface area (Å²) >= 11 is 13.7. The average molecular weight is 319 g/mol. The fourth-order valence-electron chi connectivity index (χ4n) is 1.78. The minimum atomic E-state index is -0.455. The summed E-state index contributed by atoms with van der Waals surface area (Å²) in [5, 5.41) is 4.83. The van der Waals surface area contributed by atoms with Crippen LogP contribution in [0.25, 0.3) is 0 Å². The third kappa shape index (κ3) is 3.45. The molecule has 1 aromatic carbocycles. The van der Waals surface area contributed by atoms with Crippen molar-refractivity contribution in [1.29, 1.82) is 0 Å². The van der Waals surface area contributed by atoms with Gasteiger partial charge in [-0.3, -0.25) is 0 Å².